The summed E-state index contributed by atoms with van der Waals surface area (Å²) in [4.78, 5) is 25.1. The zero-order chi connectivity index (χ0) is 15.6. The molecule has 0 spiro atoms. The number of nitrogens with two attached hydrogens (primary N) is 1. The Kier molecular flexibility index (Phi) is 4.40. The first-order valence-electron chi connectivity index (χ1n) is 6.51. The average molecular weight is 311 g/mol. The van der Waals surface area contributed by atoms with Gasteiger partial charge in [-0.2, -0.15) is 0 Å². The lowest BCUT2D eigenvalue weighted by molar-refractivity contribution is -0.126. The van der Waals surface area contributed by atoms with Crippen molar-refractivity contribution in [1.29, 1.82) is 0 Å². The molecule has 1 saturated heterocycles. The van der Waals surface area contributed by atoms with Crippen molar-refractivity contribution in [2.24, 2.45) is 5.14 Å². The molecule has 0 aliphatic carbocycles. The molecule has 3 N–H and O–H groups in total. The maximum Gasteiger partial charge on any atom is 0.250 e. The average Bonchev–Trinajstić information content (AvgIpc) is 2.91. The first kappa shape index (κ1) is 15.6. The van der Waals surface area contributed by atoms with Crippen LogP contribution in [-0.4, -0.2) is 32.8 Å². The highest BCUT2D eigenvalue weighted by Crippen LogP contribution is 2.20. The fourth-order valence-electron chi connectivity index (χ4n) is 2.30. The van der Waals surface area contributed by atoms with Gasteiger partial charge >= 0.3 is 0 Å². The molecule has 0 bridgehead atoms. The highest BCUT2D eigenvalue weighted by atomic mass is 32.2. The number of anilines is 1. The number of imide groups is 1. The molecule has 2 rings (SSSR count). The van der Waals surface area contributed by atoms with Gasteiger partial charge in [-0.15, -0.1) is 0 Å². The van der Waals surface area contributed by atoms with E-state index < -0.39 is 15.9 Å². The number of nitrogens with zero attached hydrogens (tertiary/aromatic N) is 1. The van der Waals surface area contributed by atoms with Crippen LogP contribution in [0.15, 0.2) is 29.2 Å². The van der Waals surface area contributed by atoms with Crippen LogP contribution in [0, 0.1) is 0 Å². The van der Waals surface area contributed by atoms with E-state index in [1.54, 1.807) is 0 Å². The summed E-state index contributed by atoms with van der Waals surface area (Å²) in [6.45, 7) is 2.03. The van der Waals surface area contributed by atoms with Crippen LogP contribution < -0.4 is 15.4 Å². The Bertz CT molecular complexity index is 648. The van der Waals surface area contributed by atoms with Crippen LogP contribution >= 0.6 is 0 Å². The Morgan fingerprint density at radius 2 is 1.90 bits per heavy atom. The molecule has 1 atom stereocenters. The number of rotatable bonds is 3. The second kappa shape index (κ2) is 5.92. The lowest BCUT2D eigenvalue weighted by atomic mass is 10.2. The van der Waals surface area contributed by atoms with Crippen LogP contribution in [0.25, 0.3) is 0 Å². The van der Waals surface area contributed by atoms with E-state index in [0.717, 1.165) is 17.9 Å². The predicted molar refractivity (Wildman–Crippen MR) is 77.0 cm³/mol. The van der Waals surface area contributed by atoms with Gasteiger partial charge in [0, 0.05) is 6.92 Å². The van der Waals surface area contributed by atoms with E-state index in [1.807, 2.05) is 0 Å². The van der Waals surface area contributed by atoms with Gasteiger partial charge in [0.2, 0.25) is 15.9 Å². The number of hydrogen-bond donors (Lipinski definition) is 2. The van der Waals surface area contributed by atoms with Gasteiger partial charge in [0.05, 0.1) is 16.6 Å². The van der Waals surface area contributed by atoms with Gasteiger partial charge in [0.15, 0.2) is 0 Å². The third kappa shape index (κ3) is 3.46. The number of hydrogen-bond acceptors (Lipinski definition) is 5. The Morgan fingerprint density at radius 1 is 1.29 bits per heavy atom. The zero-order valence-corrected chi connectivity index (χ0v) is 12.4. The SMILES string of the molecule is CC(=O)N(C(=O)[C@@H]1CCCN1)c1ccc(S(N)(=O)=O)cc1. The van der Waals surface area contributed by atoms with Crippen LogP contribution in [0.5, 0.6) is 0 Å². The molecule has 2 amide bonds. The monoisotopic (exact) mass is 311 g/mol. The van der Waals surface area contributed by atoms with E-state index in [9.17, 15) is 18.0 Å². The van der Waals surface area contributed by atoms with Crippen molar-refractivity contribution in [2.75, 3.05) is 11.4 Å². The minimum absolute atomic E-state index is 0.0683. The molecule has 0 unspecified atom stereocenters. The summed E-state index contributed by atoms with van der Waals surface area (Å²) >= 11 is 0. The van der Waals surface area contributed by atoms with Gasteiger partial charge in [-0.3, -0.25) is 9.59 Å². The molecular formula is C13H17N3O4S. The summed E-state index contributed by atoms with van der Waals surface area (Å²) in [5.74, 6) is -0.750. The van der Waals surface area contributed by atoms with E-state index in [-0.39, 0.29) is 16.8 Å². The number of carbonyl (C=O) groups excluding carboxylic acids is 2. The lowest BCUT2D eigenvalue weighted by Gasteiger charge is -2.22. The molecule has 7 nitrogen and oxygen atoms in total. The fraction of sp³-hybridized carbons (Fsp3) is 0.385. The molecule has 1 aliphatic rings. The second-order valence-corrected chi connectivity index (χ2v) is 6.44. The Hall–Kier alpha value is -1.77. The molecule has 8 heteroatoms. The van der Waals surface area contributed by atoms with Crippen LogP contribution in [0.1, 0.15) is 19.8 Å². The van der Waals surface area contributed by atoms with Gasteiger partial charge in [0.1, 0.15) is 0 Å². The quantitative estimate of drug-likeness (QED) is 0.814. The van der Waals surface area contributed by atoms with Crippen molar-refractivity contribution in [3.63, 3.8) is 0 Å². The van der Waals surface area contributed by atoms with Crippen LogP contribution in [0.3, 0.4) is 0 Å². The first-order valence-corrected chi connectivity index (χ1v) is 8.06. The minimum Gasteiger partial charge on any atom is -0.306 e. The lowest BCUT2D eigenvalue weighted by Crippen LogP contribution is -2.46. The van der Waals surface area contributed by atoms with E-state index in [1.165, 1.54) is 31.2 Å². The number of benzene rings is 1. The number of sulfonamides is 1. The topological polar surface area (TPSA) is 110 Å². The van der Waals surface area contributed by atoms with Gasteiger partial charge < -0.3 is 5.32 Å². The predicted octanol–water partition coefficient (Wildman–Crippen LogP) is -0.0345. The third-order valence-electron chi connectivity index (χ3n) is 3.32. The van der Waals surface area contributed by atoms with Gasteiger partial charge in [-0.1, -0.05) is 0 Å². The van der Waals surface area contributed by atoms with Crippen molar-refractivity contribution in [3.8, 4) is 0 Å². The Morgan fingerprint density at radius 3 is 2.33 bits per heavy atom. The molecular weight excluding hydrogens is 294 g/mol. The van der Waals surface area contributed by atoms with Crippen molar-refractivity contribution in [3.05, 3.63) is 24.3 Å². The van der Waals surface area contributed by atoms with Crippen molar-refractivity contribution in [2.45, 2.75) is 30.7 Å². The highest BCUT2D eigenvalue weighted by molar-refractivity contribution is 7.89. The van der Waals surface area contributed by atoms with Crippen LogP contribution in [-0.2, 0) is 19.6 Å². The summed E-state index contributed by atoms with van der Waals surface area (Å²) in [6, 6.07) is 4.96. The summed E-state index contributed by atoms with van der Waals surface area (Å²) in [5, 5.41) is 8.05. The smallest absolute Gasteiger partial charge is 0.250 e. The van der Waals surface area contributed by atoms with E-state index in [2.05, 4.69) is 5.32 Å². The largest absolute Gasteiger partial charge is 0.306 e. The normalized spacial score (nSPS) is 18.5. The minimum atomic E-state index is -3.80. The molecule has 0 radical (unpaired) electrons. The summed E-state index contributed by atoms with van der Waals surface area (Å²) < 4.78 is 22.4. The third-order valence-corrected chi connectivity index (χ3v) is 4.25. The zero-order valence-electron chi connectivity index (χ0n) is 11.6. The highest BCUT2D eigenvalue weighted by Gasteiger charge is 2.30. The molecule has 1 aromatic rings. The van der Waals surface area contributed by atoms with E-state index >= 15 is 0 Å². The molecule has 1 aliphatic heterocycles. The summed E-state index contributed by atoms with van der Waals surface area (Å²) in [6.07, 6.45) is 1.56. The van der Waals surface area contributed by atoms with Crippen molar-refractivity contribution >= 4 is 27.5 Å². The second-order valence-electron chi connectivity index (χ2n) is 4.88. The number of amides is 2. The molecule has 114 valence electrons. The maximum atomic E-state index is 12.4. The van der Waals surface area contributed by atoms with Crippen LogP contribution in [0.2, 0.25) is 0 Å². The molecule has 1 heterocycles. The number of nitrogens with one attached hydrogen (secondary N) is 1. The molecule has 1 fully saturated rings. The van der Waals surface area contributed by atoms with E-state index in [0.29, 0.717) is 12.1 Å². The summed E-state index contributed by atoms with van der Waals surface area (Å²) in [5.41, 5.74) is 0.327. The Labute approximate surface area is 123 Å². The fourth-order valence-corrected chi connectivity index (χ4v) is 2.82. The van der Waals surface area contributed by atoms with Gasteiger partial charge in [0.25, 0.3) is 5.91 Å². The van der Waals surface area contributed by atoms with E-state index in [4.69, 9.17) is 5.14 Å². The van der Waals surface area contributed by atoms with Crippen molar-refractivity contribution in [1.82, 2.24) is 5.32 Å². The number of carbonyl (C=O) groups is 2. The molecule has 21 heavy (non-hydrogen) atoms. The Balaban J connectivity index is 2.30. The molecule has 0 saturated carbocycles. The molecule has 1 aromatic carbocycles. The first-order chi connectivity index (χ1) is 9.80. The molecule has 0 aromatic heterocycles. The maximum absolute atomic E-state index is 12.4. The van der Waals surface area contributed by atoms with Gasteiger partial charge in [-0.05, 0) is 43.7 Å². The van der Waals surface area contributed by atoms with Gasteiger partial charge in [-0.25, -0.2) is 18.5 Å². The number of primary sulfonamides is 1. The van der Waals surface area contributed by atoms with Crippen LogP contribution in [0.4, 0.5) is 5.69 Å². The van der Waals surface area contributed by atoms with Crippen molar-refractivity contribution < 1.29 is 18.0 Å². The summed E-state index contributed by atoms with van der Waals surface area (Å²) in [7, 11) is -3.80. The standard InChI is InChI=1S/C13H17N3O4S/c1-9(17)16(13(18)12-3-2-8-15-12)10-4-6-11(7-5-10)21(14,19)20/h4-7,12,15H,2-3,8H2,1H3,(H2,14,19,20)/t12-/m0/s1.